The number of nitrogens with one attached hydrogen (secondary N) is 1. The lowest BCUT2D eigenvalue weighted by Crippen LogP contribution is -2.44. The summed E-state index contributed by atoms with van der Waals surface area (Å²) in [6, 6.07) is 3.88. The molecule has 2 fully saturated rings. The fourth-order valence-corrected chi connectivity index (χ4v) is 4.57. The van der Waals surface area contributed by atoms with Gasteiger partial charge in [-0.2, -0.15) is 0 Å². The van der Waals surface area contributed by atoms with Gasteiger partial charge in [-0.15, -0.1) is 11.3 Å². The molecule has 2 aliphatic rings. The van der Waals surface area contributed by atoms with Gasteiger partial charge in [0.2, 0.25) is 0 Å². The Balaban J connectivity index is 1.60. The lowest BCUT2D eigenvalue weighted by atomic mass is 10.0. The highest BCUT2D eigenvalue weighted by Gasteiger charge is 2.31. The molecule has 1 N–H and O–H groups in total. The summed E-state index contributed by atoms with van der Waals surface area (Å²) in [5.41, 5.74) is 0. The monoisotopic (exact) mass is 342 g/mol. The Bertz CT molecular complexity index is 402. The molecule has 2 heterocycles. The number of nitrogens with zero attached hydrogens (tertiary/aromatic N) is 1. The number of hydrogen-bond acceptors (Lipinski definition) is 3. The average molecular weight is 343 g/mol. The van der Waals surface area contributed by atoms with E-state index in [0.717, 1.165) is 18.6 Å². The number of piperidine rings is 1. The molecule has 1 saturated heterocycles. The maximum atomic E-state index is 3.69. The first-order chi connectivity index (χ1) is 9.22. The van der Waals surface area contributed by atoms with Gasteiger partial charge in [-0.05, 0) is 61.1 Å². The van der Waals surface area contributed by atoms with E-state index in [9.17, 15) is 0 Å². The summed E-state index contributed by atoms with van der Waals surface area (Å²) in [5, 5.41) is 3.69. The van der Waals surface area contributed by atoms with Gasteiger partial charge in [-0.3, -0.25) is 4.90 Å². The summed E-state index contributed by atoms with van der Waals surface area (Å²) in [6.07, 6.45) is 6.92. The molecule has 1 saturated carbocycles. The Morgan fingerprint density at radius 1 is 1.37 bits per heavy atom. The van der Waals surface area contributed by atoms with Gasteiger partial charge in [-0.25, -0.2) is 0 Å². The van der Waals surface area contributed by atoms with Crippen LogP contribution in [0.2, 0.25) is 0 Å². The van der Waals surface area contributed by atoms with Gasteiger partial charge in [0.05, 0.1) is 0 Å². The van der Waals surface area contributed by atoms with Crippen LogP contribution in [0.3, 0.4) is 0 Å². The summed E-state index contributed by atoms with van der Waals surface area (Å²) in [4.78, 5) is 5.62. The van der Waals surface area contributed by atoms with E-state index < -0.39 is 0 Å². The fourth-order valence-electron chi connectivity index (χ4n) is 2.94. The Hall–Kier alpha value is 0.100. The Morgan fingerprint density at radius 2 is 2.21 bits per heavy atom. The maximum Gasteiger partial charge on any atom is 0.0332 e. The zero-order valence-electron chi connectivity index (χ0n) is 11.6. The first kappa shape index (κ1) is 14.1. The summed E-state index contributed by atoms with van der Waals surface area (Å²) in [6.45, 7) is 5.79. The van der Waals surface area contributed by atoms with Gasteiger partial charge < -0.3 is 5.32 Å². The Morgan fingerprint density at radius 3 is 2.79 bits per heavy atom. The highest BCUT2D eigenvalue weighted by atomic mass is 79.9. The molecule has 19 heavy (non-hydrogen) atoms. The van der Waals surface area contributed by atoms with Crippen LogP contribution in [-0.2, 0) is 6.54 Å². The van der Waals surface area contributed by atoms with Crippen LogP contribution in [0.4, 0.5) is 0 Å². The van der Waals surface area contributed by atoms with Crippen LogP contribution in [0.25, 0.3) is 0 Å². The van der Waals surface area contributed by atoms with Gasteiger partial charge in [-0.1, -0.05) is 6.42 Å². The summed E-state index contributed by atoms with van der Waals surface area (Å²) in [7, 11) is 0. The fraction of sp³-hybridized carbons (Fsp3) is 0.733. The predicted molar refractivity (Wildman–Crippen MR) is 85.8 cm³/mol. The van der Waals surface area contributed by atoms with Crippen molar-refractivity contribution >= 4 is 27.3 Å². The number of halogens is 1. The molecule has 1 unspecified atom stereocenters. The van der Waals surface area contributed by atoms with E-state index in [1.54, 1.807) is 0 Å². The van der Waals surface area contributed by atoms with Crippen molar-refractivity contribution in [1.29, 1.82) is 0 Å². The molecule has 1 aliphatic carbocycles. The van der Waals surface area contributed by atoms with Crippen molar-refractivity contribution in [3.05, 3.63) is 20.3 Å². The molecule has 0 spiro atoms. The van der Waals surface area contributed by atoms with Crippen molar-refractivity contribution in [2.75, 3.05) is 13.1 Å². The van der Waals surface area contributed by atoms with Crippen LogP contribution >= 0.6 is 27.3 Å². The molecule has 1 aromatic rings. The molecule has 0 amide bonds. The summed E-state index contributed by atoms with van der Waals surface area (Å²) >= 11 is 5.58. The van der Waals surface area contributed by atoms with E-state index in [1.807, 2.05) is 11.3 Å². The first-order valence-corrected chi connectivity index (χ1v) is 9.05. The van der Waals surface area contributed by atoms with Crippen LogP contribution in [-0.4, -0.2) is 30.1 Å². The maximum absolute atomic E-state index is 3.69. The zero-order valence-corrected chi connectivity index (χ0v) is 14.0. The number of rotatable bonds is 5. The second-order valence-electron chi connectivity index (χ2n) is 5.92. The van der Waals surface area contributed by atoms with Gasteiger partial charge in [0, 0.05) is 39.4 Å². The molecular weight excluding hydrogens is 320 g/mol. The van der Waals surface area contributed by atoms with E-state index in [0.29, 0.717) is 0 Å². The SMILES string of the molecule is Cc1sc(CN(CC2CCCCN2)C2CC2)cc1Br. The molecular formula is C15H23BrN2S. The highest BCUT2D eigenvalue weighted by Crippen LogP contribution is 2.32. The summed E-state index contributed by atoms with van der Waals surface area (Å²) in [5.74, 6) is 0. The second kappa shape index (κ2) is 6.25. The van der Waals surface area contributed by atoms with Crippen LogP contribution in [0, 0.1) is 6.92 Å². The van der Waals surface area contributed by atoms with Crippen LogP contribution in [0.5, 0.6) is 0 Å². The van der Waals surface area contributed by atoms with Crippen molar-refractivity contribution in [1.82, 2.24) is 10.2 Å². The molecule has 0 bridgehead atoms. The van der Waals surface area contributed by atoms with Gasteiger partial charge >= 0.3 is 0 Å². The van der Waals surface area contributed by atoms with Crippen molar-refractivity contribution in [3.63, 3.8) is 0 Å². The van der Waals surface area contributed by atoms with Crippen LogP contribution < -0.4 is 5.32 Å². The smallest absolute Gasteiger partial charge is 0.0332 e. The lowest BCUT2D eigenvalue weighted by Gasteiger charge is -2.30. The van der Waals surface area contributed by atoms with Crippen LogP contribution in [0.15, 0.2) is 10.5 Å². The number of hydrogen-bond donors (Lipinski definition) is 1. The van der Waals surface area contributed by atoms with E-state index in [-0.39, 0.29) is 0 Å². The van der Waals surface area contributed by atoms with E-state index in [4.69, 9.17) is 0 Å². The Labute approximate surface area is 128 Å². The quantitative estimate of drug-likeness (QED) is 0.872. The third-order valence-electron chi connectivity index (χ3n) is 4.20. The zero-order chi connectivity index (χ0) is 13.2. The summed E-state index contributed by atoms with van der Waals surface area (Å²) < 4.78 is 1.28. The average Bonchev–Trinajstić information content (AvgIpc) is 3.18. The van der Waals surface area contributed by atoms with Crippen molar-refractivity contribution in [2.24, 2.45) is 0 Å². The number of aryl methyl sites for hydroxylation is 1. The molecule has 2 nitrogen and oxygen atoms in total. The molecule has 1 atom stereocenters. The molecule has 106 valence electrons. The normalized spacial score (nSPS) is 24.1. The van der Waals surface area contributed by atoms with E-state index >= 15 is 0 Å². The van der Waals surface area contributed by atoms with Gasteiger partial charge in [0.25, 0.3) is 0 Å². The van der Waals surface area contributed by atoms with Crippen molar-refractivity contribution in [2.45, 2.75) is 57.7 Å². The largest absolute Gasteiger partial charge is 0.313 e. The molecule has 3 rings (SSSR count). The van der Waals surface area contributed by atoms with E-state index in [1.165, 1.54) is 59.4 Å². The Kier molecular flexibility index (Phi) is 4.62. The van der Waals surface area contributed by atoms with Crippen molar-refractivity contribution in [3.8, 4) is 0 Å². The van der Waals surface area contributed by atoms with Crippen molar-refractivity contribution < 1.29 is 0 Å². The van der Waals surface area contributed by atoms with Crippen LogP contribution in [0.1, 0.15) is 41.9 Å². The lowest BCUT2D eigenvalue weighted by molar-refractivity contribution is 0.210. The third-order valence-corrected chi connectivity index (χ3v) is 6.32. The van der Waals surface area contributed by atoms with E-state index in [2.05, 4.69) is 39.1 Å². The molecule has 0 aromatic carbocycles. The van der Waals surface area contributed by atoms with Gasteiger partial charge in [0.1, 0.15) is 0 Å². The topological polar surface area (TPSA) is 15.3 Å². The first-order valence-electron chi connectivity index (χ1n) is 7.44. The minimum Gasteiger partial charge on any atom is -0.313 e. The minimum absolute atomic E-state index is 0.721. The molecule has 1 aliphatic heterocycles. The van der Waals surface area contributed by atoms with Gasteiger partial charge in [0.15, 0.2) is 0 Å². The predicted octanol–water partition coefficient (Wildman–Crippen LogP) is 3.93. The molecule has 1 aromatic heterocycles. The standard InChI is InChI=1S/C15H23BrN2S/c1-11-15(16)8-14(19-11)10-18(13-5-6-13)9-12-4-2-3-7-17-12/h8,12-13,17H,2-7,9-10H2,1H3. The number of thiophene rings is 1. The highest BCUT2D eigenvalue weighted by molar-refractivity contribution is 9.10. The minimum atomic E-state index is 0.721. The molecule has 0 radical (unpaired) electrons. The second-order valence-corrected chi connectivity index (χ2v) is 8.12. The third kappa shape index (κ3) is 3.81. The molecule has 4 heteroatoms.